The number of ether oxygens (including phenoxy) is 2. The topological polar surface area (TPSA) is 135 Å². The summed E-state index contributed by atoms with van der Waals surface area (Å²) in [7, 11) is 0. The van der Waals surface area contributed by atoms with Crippen molar-refractivity contribution in [2.24, 2.45) is 10.7 Å². The van der Waals surface area contributed by atoms with Crippen molar-refractivity contribution in [2.75, 3.05) is 19.7 Å². The molecule has 1 aliphatic rings. The van der Waals surface area contributed by atoms with Crippen LogP contribution in [-0.2, 0) is 16.0 Å². The van der Waals surface area contributed by atoms with E-state index in [2.05, 4.69) is 29.0 Å². The summed E-state index contributed by atoms with van der Waals surface area (Å²) in [5.74, 6) is 0.123. The van der Waals surface area contributed by atoms with Crippen LogP contribution in [0.2, 0.25) is 0 Å². The summed E-state index contributed by atoms with van der Waals surface area (Å²) in [4.78, 5) is 21.9. The minimum absolute atomic E-state index is 0.0886. The molecule has 5 rings (SSSR count). The van der Waals surface area contributed by atoms with Gasteiger partial charge in [-0.2, -0.15) is 5.10 Å². The molecule has 10 heteroatoms. The first-order valence-corrected chi connectivity index (χ1v) is 13.8. The maximum Gasteiger partial charge on any atom is 0.410 e. The van der Waals surface area contributed by atoms with E-state index in [1.165, 1.54) is 5.56 Å². The van der Waals surface area contributed by atoms with Crippen molar-refractivity contribution < 1.29 is 14.3 Å². The number of aliphatic imine (C=N–C) groups is 1. The summed E-state index contributed by atoms with van der Waals surface area (Å²) in [6, 6.07) is 18.4. The number of aromatic nitrogens is 3. The van der Waals surface area contributed by atoms with Gasteiger partial charge in [-0.25, -0.2) is 9.79 Å². The molecule has 3 heterocycles. The standard InChI is InChI=1S/C31H37N7O3/c1-20(27-18-37(12-13-40-27)30(39)41-31(2,3)4)25-15-24(28(35-25)29(33)34-19-32)22-10-11-23-17-38(36-26(23)14-22)16-21-8-6-5-7-9-21/h5-11,14-15,17,19-20,27,35H,12-13,16,18H2,1-4H3,(H3,32,33,34). The molecule has 2 aromatic carbocycles. The molecule has 1 amide bonds. The molecule has 4 aromatic rings. The van der Waals surface area contributed by atoms with Crippen LogP contribution in [0.25, 0.3) is 22.0 Å². The molecule has 4 N–H and O–H groups in total. The van der Waals surface area contributed by atoms with E-state index in [-0.39, 0.29) is 24.0 Å². The zero-order valence-electron chi connectivity index (χ0n) is 23.9. The second-order valence-corrected chi connectivity index (χ2v) is 11.4. The molecule has 0 spiro atoms. The lowest BCUT2D eigenvalue weighted by molar-refractivity contribution is -0.0498. The number of amidine groups is 1. The fourth-order valence-electron chi connectivity index (χ4n) is 5.04. The third kappa shape index (κ3) is 6.49. The van der Waals surface area contributed by atoms with E-state index in [9.17, 15) is 4.79 Å². The molecule has 0 aliphatic carbocycles. The molecule has 0 saturated carbocycles. The van der Waals surface area contributed by atoms with E-state index in [0.29, 0.717) is 31.9 Å². The summed E-state index contributed by atoms with van der Waals surface area (Å²) < 4.78 is 13.6. The Labute approximate surface area is 239 Å². The quantitative estimate of drug-likeness (QED) is 0.215. The lowest BCUT2D eigenvalue weighted by Gasteiger charge is -2.36. The number of nitrogens with one attached hydrogen (secondary N) is 2. The largest absolute Gasteiger partial charge is 0.444 e. The van der Waals surface area contributed by atoms with E-state index in [4.69, 9.17) is 25.7 Å². The molecular weight excluding hydrogens is 518 g/mol. The van der Waals surface area contributed by atoms with Crippen LogP contribution >= 0.6 is 0 Å². The summed E-state index contributed by atoms with van der Waals surface area (Å²) >= 11 is 0. The Morgan fingerprint density at radius 1 is 1.27 bits per heavy atom. The molecule has 1 fully saturated rings. The first-order chi connectivity index (χ1) is 19.6. The first-order valence-electron chi connectivity index (χ1n) is 13.8. The van der Waals surface area contributed by atoms with E-state index in [0.717, 1.165) is 34.1 Å². The molecule has 41 heavy (non-hydrogen) atoms. The van der Waals surface area contributed by atoms with Crippen LogP contribution in [0.3, 0.4) is 0 Å². The van der Waals surface area contributed by atoms with Crippen LogP contribution in [0.4, 0.5) is 4.79 Å². The number of hydrogen-bond donors (Lipinski definition) is 3. The van der Waals surface area contributed by atoms with Gasteiger partial charge in [-0.05, 0) is 44.0 Å². The third-order valence-electron chi connectivity index (χ3n) is 7.14. The minimum atomic E-state index is -0.566. The minimum Gasteiger partial charge on any atom is -0.444 e. The molecule has 0 bridgehead atoms. The smallest absolute Gasteiger partial charge is 0.410 e. The Hall–Kier alpha value is -4.44. The number of rotatable bonds is 7. The predicted octanol–water partition coefficient (Wildman–Crippen LogP) is 5.13. The Bertz CT molecular complexity index is 1570. The number of fused-ring (bicyclic) bond motifs is 1. The highest BCUT2D eigenvalue weighted by atomic mass is 16.6. The van der Waals surface area contributed by atoms with Crippen LogP contribution in [-0.4, -0.2) is 69.3 Å². The molecule has 2 unspecified atom stereocenters. The monoisotopic (exact) mass is 555 g/mol. The summed E-state index contributed by atoms with van der Waals surface area (Å²) in [6.07, 6.45) is 2.39. The number of benzene rings is 2. The average molecular weight is 556 g/mol. The van der Waals surface area contributed by atoms with Crippen LogP contribution in [0.15, 0.2) is 65.8 Å². The van der Waals surface area contributed by atoms with E-state index in [1.807, 2.05) is 74.1 Å². The van der Waals surface area contributed by atoms with Gasteiger partial charge >= 0.3 is 6.09 Å². The van der Waals surface area contributed by atoms with Crippen LogP contribution in [0, 0.1) is 5.41 Å². The zero-order chi connectivity index (χ0) is 29.1. The third-order valence-corrected chi connectivity index (χ3v) is 7.14. The Kier molecular flexibility index (Phi) is 7.94. The fraction of sp³-hybridized carbons (Fsp3) is 0.355. The molecule has 1 saturated heterocycles. The zero-order valence-corrected chi connectivity index (χ0v) is 23.9. The highest BCUT2D eigenvalue weighted by molar-refractivity contribution is 6.05. The maximum absolute atomic E-state index is 12.7. The van der Waals surface area contributed by atoms with Gasteiger partial charge in [-0.1, -0.05) is 49.4 Å². The van der Waals surface area contributed by atoms with Crippen molar-refractivity contribution in [3.05, 3.63) is 77.7 Å². The fourth-order valence-corrected chi connectivity index (χ4v) is 5.04. The number of carbonyl (C=O) groups excluding carboxylic acids is 1. The number of carbonyl (C=O) groups is 1. The second kappa shape index (κ2) is 11.6. The van der Waals surface area contributed by atoms with E-state index >= 15 is 0 Å². The van der Waals surface area contributed by atoms with Gasteiger partial charge in [0.25, 0.3) is 0 Å². The van der Waals surface area contributed by atoms with Crippen LogP contribution in [0.5, 0.6) is 0 Å². The number of nitrogens with two attached hydrogens (primary N) is 1. The van der Waals surface area contributed by atoms with Gasteiger partial charge in [0.2, 0.25) is 0 Å². The number of amides is 1. The van der Waals surface area contributed by atoms with E-state index in [1.54, 1.807) is 4.90 Å². The molecule has 2 atom stereocenters. The lowest BCUT2D eigenvalue weighted by atomic mass is 9.97. The molecule has 2 aromatic heterocycles. The van der Waals surface area contributed by atoms with Gasteiger partial charge < -0.3 is 25.1 Å². The molecular formula is C31H37N7O3. The van der Waals surface area contributed by atoms with Crippen molar-refractivity contribution in [1.82, 2.24) is 19.7 Å². The second-order valence-electron chi connectivity index (χ2n) is 11.4. The maximum atomic E-state index is 12.7. The molecule has 1 aliphatic heterocycles. The number of hydrogen-bond acceptors (Lipinski definition) is 5. The highest BCUT2D eigenvalue weighted by Gasteiger charge is 2.32. The summed E-state index contributed by atoms with van der Waals surface area (Å²) in [6.45, 7) is 9.64. The number of aromatic amines is 1. The van der Waals surface area contributed by atoms with Crippen molar-refractivity contribution in [3.8, 4) is 11.1 Å². The summed E-state index contributed by atoms with van der Waals surface area (Å²) in [5, 5.41) is 13.3. The van der Waals surface area contributed by atoms with Crippen molar-refractivity contribution in [2.45, 2.75) is 51.9 Å². The van der Waals surface area contributed by atoms with Crippen LogP contribution < -0.4 is 5.73 Å². The lowest BCUT2D eigenvalue weighted by Crippen LogP contribution is -2.48. The van der Waals surface area contributed by atoms with Gasteiger partial charge in [-0.3, -0.25) is 10.1 Å². The Morgan fingerprint density at radius 3 is 2.78 bits per heavy atom. The number of H-pyrrole nitrogens is 1. The van der Waals surface area contributed by atoms with Crippen molar-refractivity contribution in [3.63, 3.8) is 0 Å². The molecule has 214 valence electrons. The molecule has 10 nitrogen and oxygen atoms in total. The van der Waals surface area contributed by atoms with Crippen molar-refractivity contribution >= 4 is 29.2 Å². The van der Waals surface area contributed by atoms with E-state index < -0.39 is 5.60 Å². The SMILES string of the molecule is CC(c1cc(-c2ccc3cn(Cc4ccccc4)nc3c2)c(C(N)=NC=N)[nH]1)C1CN(C(=O)OC(C)(C)C)CCO1. The van der Waals surface area contributed by atoms with Crippen molar-refractivity contribution in [1.29, 1.82) is 5.41 Å². The average Bonchev–Trinajstić information content (AvgIpc) is 3.56. The van der Waals surface area contributed by atoms with Gasteiger partial charge in [0.1, 0.15) is 17.8 Å². The first kappa shape index (κ1) is 28.1. The highest BCUT2D eigenvalue weighted by Crippen LogP contribution is 2.33. The normalized spacial score (nSPS) is 17.0. The number of nitrogens with zero attached hydrogens (tertiary/aromatic N) is 4. The Balaban J connectivity index is 1.43. The van der Waals surface area contributed by atoms with Gasteiger partial charge in [0, 0.05) is 35.3 Å². The summed E-state index contributed by atoms with van der Waals surface area (Å²) in [5.41, 5.74) is 11.1. The van der Waals surface area contributed by atoms with Crippen LogP contribution in [0.1, 0.15) is 50.6 Å². The van der Waals surface area contributed by atoms with Gasteiger partial charge in [0.15, 0.2) is 0 Å². The molecule has 0 radical (unpaired) electrons. The van der Waals surface area contributed by atoms with Gasteiger partial charge in [0.05, 0.1) is 37.0 Å². The Morgan fingerprint density at radius 2 is 2.05 bits per heavy atom. The predicted molar refractivity (Wildman–Crippen MR) is 161 cm³/mol. The number of morpholine rings is 1. The van der Waals surface area contributed by atoms with Gasteiger partial charge in [-0.15, -0.1) is 0 Å².